The molecule has 0 spiro atoms. The van der Waals surface area contributed by atoms with Gasteiger partial charge in [0.25, 0.3) is 5.91 Å². The van der Waals surface area contributed by atoms with Crippen LogP contribution in [-0.4, -0.2) is 42.3 Å². The van der Waals surface area contributed by atoms with Crippen LogP contribution >= 0.6 is 0 Å². The molecule has 0 N–H and O–H groups in total. The van der Waals surface area contributed by atoms with Crippen molar-refractivity contribution in [1.29, 1.82) is 0 Å². The van der Waals surface area contributed by atoms with Gasteiger partial charge >= 0.3 is 0 Å². The van der Waals surface area contributed by atoms with E-state index in [4.69, 9.17) is 0 Å². The Hall–Kier alpha value is -3.46. The summed E-state index contributed by atoms with van der Waals surface area (Å²) in [6.07, 6.45) is 1.92. The number of nitrogens with zero attached hydrogens (tertiary/aromatic N) is 4. The van der Waals surface area contributed by atoms with E-state index in [2.05, 4.69) is 5.10 Å². The molecule has 1 saturated carbocycles. The van der Waals surface area contributed by atoms with Crippen molar-refractivity contribution in [2.45, 2.75) is 38.5 Å². The molecule has 0 unspecified atom stereocenters. The van der Waals surface area contributed by atoms with E-state index in [-0.39, 0.29) is 28.4 Å². The predicted octanol–water partition coefficient (Wildman–Crippen LogP) is 4.26. The maximum Gasteiger partial charge on any atom is 0.259 e. The van der Waals surface area contributed by atoms with Gasteiger partial charge in [0.2, 0.25) is 5.91 Å². The van der Waals surface area contributed by atoms with Crippen molar-refractivity contribution in [2.75, 3.05) is 22.1 Å². The quantitative estimate of drug-likeness (QED) is 0.466. The summed E-state index contributed by atoms with van der Waals surface area (Å²) in [6.45, 7) is 5.65. The molecule has 3 aromatic rings. The van der Waals surface area contributed by atoms with Crippen molar-refractivity contribution in [2.24, 2.45) is 13.0 Å². The molecule has 1 fully saturated rings. The van der Waals surface area contributed by atoms with Crippen molar-refractivity contribution >= 4 is 38.8 Å². The molecule has 9 heteroatoms. The molecular weight excluding hydrogens is 464 g/mol. The summed E-state index contributed by atoms with van der Waals surface area (Å²) in [5.74, 6) is 0.649. The lowest BCUT2D eigenvalue weighted by Gasteiger charge is -2.24. The van der Waals surface area contributed by atoms with E-state index in [1.54, 1.807) is 65.2 Å². The van der Waals surface area contributed by atoms with E-state index >= 15 is 0 Å². The Balaban J connectivity index is 1.63. The summed E-state index contributed by atoms with van der Waals surface area (Å²) in [6, 6.07) is 15.1. The number of hydrogen-bond donors (Lipinski definition) is 0. The SMILES string of the molecule is CCN(C(=O)c1cccc(N(C(C)=O)c2ccc(S(=O)(=O)CC3CC3)cc2)c1)c1cc(C)nn1C. The number of carbonyl (C=O) groups excluding carboxylic acids is 2. The monoisotopic (exact) mass is 494 g/mol. The molecule has 184 valence electrons. The smallest absolute Gasteiger partial charge is 0.259 e. The number of carbonyl (C=O) groups is 2. The van der Waals surface area contributed by atoms with Crippen LogP contribution in [0.2, 0.25) is 0 Å². The molecule has 0 atom stereocenters. The highest BCUT2D eigenvalue weighted by atomic mass is 32.2. The molecule has 1 aromatic heterocycles. The number of aryl methyl sites for hydroxylation is 2. The van der Waals surface area contributed by atoms with Crippen LogP contribution in [0.15, 0.2) is 59.5 Å². The van der Waals surface area contributed by atoms with E-state index in [1.165, 1.54) is 11.8 Å². The van der Waals surface area contributed by atoms with Crippen LogP contribution in [0, 0.1) is 12.8 Å². The van der Waals surface area contributed by atoms with Gasteiger partial charge in [0.1, 0.15) is 5.82 Å². The average molecular weight is 495 g/mol. The number of anilines is 3. The first-order valence-electron chi connectivity index (χ1n) is 11.7. The minimum Gasteiger partial charge on any atom is -0.293 e. The summed E-state index contributed by atoms with van der Waals surface area (Å²) >= 11 is 0. The zero-order chi connectivity index (χ0) is 25.3. The third-order valence-corrected chi connectivity index (χ3v) is 7.99. The van der Waals surface area contributed by atoms with E-state index in [0.717, 1.165) is 18.5 Å². The average Bonchev–Trinajstić information content (AvgIpc) is 3.55. The van der Waals surface area contributed by atoms with Gasteiger partial charge in [-0.25, -0.2) is 8.42 Å². The normalized spacial score (nSPS) is 13.5. The Kier molecular flexibility index (Phi) is 6.80. The highest BCUT2D eigenvalue weighted by Gasteiger charge is 2.29. The summed E-state index contributed by atoms with van der Waals surface area (Å²) in [7, 11) is -1.55. The Morgan fingerprint density at radius 3 is 2.29 bits per heavy atom. The number of rotatable bonds is 8. The third kappa shape index (κ3) is 5.30. The van der Waals surface area contributed by atoms with Gasteiger partial charge < -0.3 is 0 Å². The Bertz CT molecular complexity index is 1360. The van der Waals surface area contributed by atoms with Crippen LogP contribution in [0.1, 0.15) is 42.7 Å². The van der Waals surface area contributed by atoms with Gasteiger partial charge in [-0.1, -0.05) is 6.07 Å². The first-order valence-corrected chi connectivity index (χ1v) is 13.3. The topological polar surface area (TPSA) is 92.6 Å². The lowest BCUT2D eigenvalue weighted by atomic mass is 10.1. The molecule has 4 rings (SSSR count). The van der Waals surface area contributed by atoms with Crippen LogP contribution < -0.4 is 9.80 Å². The molecule has 35 heavy (non-hydrogen) atoms. The number of amides is 2. The molecule has 0 radical (unpaired) electrons. The fourth-order valence-corrected chi connectivity index (χ4v) is 5.90. The van der Waals surface area contributed by atoms with E-state index in [9.17, 15) is 18.0 Å². The van der Waals surface area contributed by atoms with Crippen LogP contribution in [0.5, 0.6) is 0 Å². The zero-order valence-electron chi connectivity index (χ0n) is 20.4. The fraction of sp³-hybridized carbons (Fsp3) is 0.346. The van der Waals surface area contributed by atoms with Gasteiger partial charge in [-0.3, -0.25) is 24.1 Å². The van der Waals surface area contributed by atoms with Crippen LogP contribution in [0.3, 0.4) is 0 Å². The van der Waals surface area contributed by atoms with Crippen molar-refractivity contribution in [1.82, 2.24) is 9.78 Å². The van der Waals surface area contributed by atoms with Crippen molar-refractivity contribution in [3.63, 3.8) is 0 Å². The number of sulfone groups is 1. The van der Waals surface area contributed by atoms with E-state index in [1.807, 2.05) is 19.9 Å². The summed E-state index contributed by atoms with van der Waals surface area (Å²) in [4.78, 5) is 29.4. The van der Waals surface area contributed by atoms with Gasteiger partial charge in [-0.05, 0) is 75.1 Å². The summed E-state index contributed by atoms with van der Waals surface area (Å²) in [5.41, 5.74) is 2.29. The first kappa shape index (κ1) is 24.7. The maximum atomic E-state index is 13.4. The van der Waals surface area contributed by atoms with Gasteiger partial charge in [0.15, 0.2) is 9.84 Å². The van der Waals surface area contributed by atoms with Crippen LogP contribution in [0.4, 0.5) is 17.2 Å². The van der Waals surface area contributed by atoms with Crippen LogP contribution in [0.25, 0.3) is 0 Å². The van der Waals surface area contributed by atoms with Gasteiger partial charge in [-0.15, -0.1) is 0 Å². The van der Waals surface area contributed by atoms with Crippen molar-refractivity contribution < 1.29 is 18.0 Å². The molecule has 2 amide bonds. The number of aromatic nitrogens is 2. The minimum absolute atomic E-state index is 0.164. The Morgan fingerprint density at radius 1 is 1.06 bits per heavy atom. The first-order chi connectivity index (χ1) is 16.6. The predicted molar refractivity (Wildman–Crippen MR) is 136 cm³/mol. The molecule has 1 aliphatic carbocycles. The largest absolute Gasteiger partial charge is 0.293 e. The van der Waals surface area contributed by atoms with Crippen LogP contribution in [-0.2, 0) is 21.7 Å². The summed E-state index contributed by atoms with van der Waals surface area (Å²) < 4.78 is 26.9. The molecule has 1 aliphatic rings. The Labute approximate surface area is 206 Å². The minimum atomic E-state index is -3.34. The zero-order valence-corrected chi connectivity index (χ0v) is 21.2. The van der Waals surface area contributed by atoms with Crippen molar-refractivity contribution in [3.05, 3.63) is 65.9 Å². The molecule has 0 saturated heterocycles. The number of hydrogen-bond acceptors (Lipinski definition) is 5. The molecule has 8 nitrogen and oxygen atoms in total. The molecular formula is C26H30N4O4S. The highest BCUT2D eigenvalue weighted by molar-refractivity contribution is 7.91. The highest BCUT2D eigenvalue weighted by Crippen LogP contribution is 2.33. The lowest BCUT2D eigenvalue weighted by Crippen LogP contribution is -2.32. The second-order valence-corrected chi connectivity index (χ2v) is 11.0. The molecule has 0 aliphatic heterocycles. The maximum absolute atomic E-state index is 13.4. The fourth-order valence-electron chi connectivity index (χ4n) is 4.20. The number of benzene rings is 2. The lowest BCUT2D eigenvalue weighted by molar-refractivity contribution is -0.115. The van der Waals surface area contributed by atoms with Gasteiger partial charge in [0, 0.05) is 43.5 Å². The van der Waals surface area contributed by atoms with Crippen molar-refractivity contribution in [3.8, 4) is 0 Å². The molecule has 1 heterocycles. The second-order valence-electron chi connectivity index (χ2n) is 8.94. The van der Waals surface area contributed by atoms with Gasteiger partial charge in [-0.2, -0.15) is 5.10 Å². The standard InChI is InChI=1S/C26H30N4O4S/c1-5-29(25-15-18(2)27-28(25)4)26(32)21-7-6-8-23(16-21)30(19(3)31)22-11-13-24(14-12-22)35(33,34)17-20-9-10-20/h6-8,11-16,20H,5,9-10,17H2,1-4H3. The molecule has 0 bridgehead atoms. The van der Waals surface area contributed by atoms with Gasteiger partial charge in [0.05, 0.1) is 16.3 Å². The Morgan fingerprint density at radius 2 is 1.74 bits per heavy atom. The molecule has 2 aromatic carbocycles. The second kappa shape index (κ2) is 9.65. The summed E-state index contributed by atoms with van der Waals surface area (Å²) in [5, 5.41) is 4.34. The van der Waals surface area contributed by atoms with E-state index < -0.39 is 9.84 Å². The third-order valence-electron chi connectivity index (χ3n) is 6.09. The van der Waals surface area contributed by atoms with E-state index in [0.29, 0.717) is 29.3 Å².